The van der Waals surface area contributed by atoms with E-state index in [1.807, 2.05) is 24.3 Å². The fourth-order valence-corrected chi connectivity index (χ4v) is 8.73. The summed E-state index contributed by atoms with van der Waals surface area (Å²) in [5.41, 5.74) is 23.6. The fraction of sp³-hybridized carbons (Fsp3) is 0.467. The molecular weight excluding hydrogens is 1030 g/mol. The van der Waals surface area contributed by atoms with E-state index in [-0.39, 0.29) is 57.3 Å². The maximum absolute atomic E-state index is 3.69. The van der Waals surface area contributed by atoms with Crippen molar-refractivity contribution in [2.45, 2.75) is 184 Å². The summed E-state index contributed by atoms with van der Waals surface area (Å²) in [5, 5.41) is 0. The number of aryl methyl sites for hydroxylation is 4. The first-order chi connectivity index (χ1) is 29.4. The summed E-state index contributed by atoms with van der Waals surface area (Å²) in [7, 11) is 0. The summed E-state index contributed by atoms with van der Waals surface area (Å²) in [6, 6.07) is 21.9. The molecule has 352 valence electrons. The molecule has 0 nitrogen and oxygen atoms in total. The van der Waals surface area contributed by atoms with Gasteiger partial charge in [-0.1, -0.05) is 143 Å². The van der Waals surface area contributed by atoms with Crippen LogP contribution >= 0.6 is 0 Å². The number of rotatable bonds is 0. The first kappa shape index (κ1) is 62.6. The molecule has 0 N–H and O–H groups in total. The average Bonchev–Trinajstić information content (AvgIpc) is 3.97. The Morgan fingerprint density at radius 3 is 0.924 bits per heavy atom. The Morgan fingerprint density at radius 1 is 0.439 bits per heavy atom. The quantitative estimate of drug-likeness (QED) is 0.105. The number of hydrogen-bond donors (Lipinski definition) is 0. The van der Waals surface area contributed by atoms with E-state index in [0.717, 1.165) is 25.7 Å². The Bertz CT molecular complexity index is 2100. The monoisotopic (exact) mass is 1110 g/mol. The van der Waals surface area contributed by atoms with E-state index in [1.165, 1.54) is 89.0 Å². The molecule has 0 radical (unpaired) electrons. The van der Waals surface area contributed by atoms with Crippen molar-refractivity contribution in [1.29, 1.82) is 0 Å². The number of halogens is 2. The van der Waals surface area contributed by atoms with Crippen molar-refractivity contribution in [2.24, 2.45) is 0 Å². The van der Waals surface area contributed by atoms with Crippen molar-refractivity contribution in [3.63, 3.8) is 0 Å². The van der Waals surface area contributed by atoms with Crippen LogP contribution in [0.3, 0.4) is 0 Å². The minimum absolute atomic E-state index is 0. The maximum Gasteiger partial charge on any atom is -0.0129 e. The summed E-state index contributed by atoms with van der Waals surface area (Å²) < 4.78 is 0. The Kier molecular flexibility index (Phi) is 25.4. The Morgan fingerprint density at radius 2 is 0.712 bits per heavy atom. The van der Waals surface area contributed by atoms with Crippen LogP contribution in [0, 0.1) is 52.0 Å². The van der Waals surface area contributed by atoms with Crippen molar-refractivity contribution in [2.75, 3.05) is 0 Å². The van der Waals surface area contributed by atoms with Crippen LogP contribution in [0.2, 0.25) is 26.2 Å². The fourth-order valence-electron chi connectivity index (χ4n) is 8.73. The van der Waals surface area contributed by atoms with Crippen LogP contribution in [-0.2, 0) is 81.2 Å². The smallest absolute Gasteiger partial charge is 0.0129 e. The standard InChI is InChI=1S/2C23H29.2C5H5.2C2H6Si.2ClH.2Zr/c2*1-14-9-16-11-17-10-15(2)21(23(6,7)8)13-19(17)18(16)12-20(14)22(3,4)5;2*1-2-4-5-3-1;2*1-3-2;;;;/h2*9,12-13H,11H2,1-8H3;2*1-3H,4H2;2*1-2H3;2*1H;;/q4*-1;;;;;2*+2/p-2. The van der Waals surface area contributed by atoms with Gasteiger partial charge in [0, 0.05) is 0 Å². The molecule has 0 saturated heterocycles. The van der Waals surface area contributed by atoms with Gasteiger partial charge in [0.2, 0.25) is 0 Å². The molecule has 4 aromatic carbocycles. The predicted molar refractivity (Wildman–Crippen MR) is 279 cm³/mol. The number of fused-ring (bicyclic) bond motifs is 6. The molecule has 0 unspecified atom stereocenters. The van der Waals surface area contributed by atoms with E-state index in [2.05, 4.69) is 210 Å². The molecule has 0 heterocycles. The van der Waals surface area contributed by atoms with Crippen molar-refractivity contribution < 1.29 is 71.5 Å². The minimum Gasteiger partial charge on any atom is -1.00 e. The van der Waals surface area contributed by atoms with E-state index in [9.17, 15) is 0 Å². The largest absolute Gasteiger partial charge is 1.00 e. The first-order valence-electron chi connectivity index (χ1n) is 23.3. The Labute approximate surface area is 448 Å². The van der Waals surface area contributed by atoms with Gasteiger partial charge < -0.3 is 24.8 Å². The molecule has 66 heavy (non-hydrogen) atoms. The average molecular weight is 1110 g/mol. The molecule has 4 aromatic rings. The normalized spacial score (nSPS) is 13.2. The van der Waals surface area contributed by atoms with Crippen LogP contribution in [0.15, 0.2) is 72.9 Å². The number of benzene rings is 4. The van der Waals surface area contributed by atoms with Crippen LogP contribution in [0.1, 0.15) is 163 Å². The SMILES string of the molecule is C[Si](C)=[Zr+2].C[Si](C)=[Zr+2].Cc1[c-]c2c(cc1C(C)(C)C)-c1cc(C(C)(C)C)c(C)cc1C2.Cc1[c-]c2c(cc1C(C)(C)C)-c1cc(C(C)(C)C)c(C)cc1C2.[C-]1=CC=CC1.[C-]1=CC=CC1.[Cl-].[Cl-]. The van der Waals surface area contributed by atoms with Gasteiger partial charge in [0.05, 0.1) is 0 Å². The molecule has 0 bridgehead atoms. The molecule has 0 atom stereocenters. The maximum atomic E-state index is 3.69. The zero-order valence-electron chi connectivity index (χ0n) is 44.5. The molecule has 4 aliphatic carbocycles. The van der Waals surface area contributed by atoms with E-state index < -0.39 is 0 Å². The third-order valence-electron chi connectivity index (χ3n) is 11.3. The second-order valence-electron chi connectivity index (χ2n) is 22.4. The third kappa shape index (κ3) is 18.7. The topological polar surface area (TPSA) is 0 Å². The molecule has 0 aromatic heterocycles. The van der Waals surface area contributed by atoms with Gasteiger partial charge in [-0.25, -0.2) is 24.3 Å². The molecule has 0 amide bonds. The van der Waals surface area contributed by atoms with Gasteiger partial charge in [-0.05, 0) is 70.9 Å². The van der Waals surface area contributed by atoms with Gasteiger partial charge in [0.15, 0.2) is 0 Å². The van der Waals surface area contributed by atoms with E-state index >= 15 is 0 Å². The van der Waals surface area contributed by atoms with Gasteiger partial charge in [0.1, 0.15) is 0 Å². The van der Waals surface area contributed by atoms with Crippen molar-refractivity contribution in [3.05, 3.63) is 164 Å². The summed E-state index contributed by atoms with van der Waals surface area (Å²) >= 11 is 3.48. The molecule has 0 aliphatic heterocycles. The zero-order chi connectivity index (χ0) is 48.5. The summed E-state index contributed by atoms with van der Waals surface area (Å²) in [6.07, 6.45) is 22.1. The van der Waals surface area contributed by atoms with Crippen LogP contribution in [0.25, 0.3) is 22.3 Å². The number of allylic oxidation sites excluding steroid dienone is 8. The second kappa shape index (κ2) is 26.7. The van der Waals surface area contributed by atoms with Gasteiger partial charge in [-0.15, -0.1) is 46.2 Å². The van der Waals surface area contributed by atoms with Gasteiger partial charge in [-0.3, -0.25) is 12.2 Å². The van der Waals surface area contributed by atoms with Crippen LogP contribution in [-0.4, -0.2) is 10.9 Å². The Balaban J connectivity index is 0.000000470. The second-order valence-corrected chi connectivity index (χ2v) is 41.2. The van der Waals surface area contributed by atoms with E-state index in [4.69, 9.17) is 0 Å². The molecular formula is C60H80Cl2Si2Zr2-2. The summed E-state index contributed by atoms with van der Waals surface area (Å²) in [6.45, 7) is 45.7. The molecule has 4 aliphatic rings. The third-order valence-corrected chi connectivity index (χ3v) is 11.3. The van der Waals surface area contributed by atoms with Crippen molar-refractivity contribution >= 4 is 10.9 Å². The Hall–Kier alpha value is -1.38. The van der Waals surface area contributed by atoms with Crippen LogP contribution < -0.4 is 24.8 Å². The van der Waals surface area contributed by atoms with Gasteiger partial charge >= 0.3 is 83.7 Å². The van der Waals surface area contributed by atoms with Crippen LogP contribution in [0.4, 0.5) is 0 Å². The predicted octanol–water partition coefficient (Wildman–Crippen LogP) is 10.7. The van der Waals surface area contributed by atoms with Gasteiger partial charge in [0.25, 0.3) is 0 Å². The molecule has 0 fully saturated rings. The van der Waals surface area contributed by atoms with Gasteiger partial charge in [-0.2, -0.15) is 47.5 Å². The molecule has 0 saturated carbocycles. The zero-order valence-corrected chi connectivity index (χ0v) is 52.9. The van der Waals surface area contributed by atoms with E-state index in [0.29, 0.717) is 0 Å². The molecule has 6 heteroatoms. The number of hydrogen-bond acceptors (Lipinski definition) is 0. The van der Waals surface area contributed by atoms with Crippen molar-refractivity contribution in [1.82, 2.24) is 0 Å². The molecule has 8 rings (SSSR count). The van der Waals surface area contributed by atoms with Crippen LogP contribution in [0.5, 0.6) is 0 Å². The molecule has 0 spiro atoms. The van der Waals surface area contributed by atoms with Crippen molar-refractivity contribution in [3.8, 4) is 22.3 Å². The first-order valence-corrected chi connectivity index (χ1v) is 35.7. The van der Waals surface area contributed by atoms with E-state index in [1.54, 1.807) is 46.7 Å². The minimum atomic E-state index is 0. The summed E-state index contributed by atoms with van der Waals surface area (Å²) in [5.74, 6) is 0. The summed E-state index contributed by atoms with van der Waals surface area (Å²) in [4.78, 5) is 0.